The van der Waals surface area contributed by atoms with Crippen molar-refractivity contribution in [3.63, 3.8) is 0 Å². The summed E-state index contributed by atoms with van der Waals surface area (Å²) in [5.74, 6) is 0. The second-order valence-corrected chi connectivity index (χ2v) is 9.29. The van der Waals surface area contributed by atoms with Crippen molar-refractivity contribution in [2.24, 2.45) is 0 Å². The molecule has 3 heteroatoms. The van der Waals surface area contributed by atoms with Gasteiger partial charge in [-0.15, -0.1) is 11.3 Å². The molecular weight excluding hydrogens is 420 g/mol. The lowest BCUT2D eigenvalue weighted by molar-refractivity contribution is 1.33. The van der Waals surface area contributed by atoms with Gasteiger partial charge in [0.25, 0.3) is 0 Å². The summed E-state index contributed by atoms with van der Waals surface area (Å²) >= 11 is 1.86. The molecule has 7 rings (SSSR count). The van der Waals surface area contributed by atoms with Gasteiger partial charge in [-0.3, -0.25) is 4.98 Å². The highest BCUT2D eigenvalue weighted by molar-refractivity contribution is 7.26. The van der Waals surface area contributed by atoms with Gasteiger partial charge in [0, 0.05) is 65.4 Å². The number of fused-ring (bicyclic) bond motifs is 7. The molecule has 2 nitrogen and oxygen atoms in total. The Balaban J connectivity index is 1.79. The summed E-state index contributed by atoms with van der Waals surface area (Å²) in [5, 5.41) is 6.25. The zero-order valence-electron chi connectivity index (χ0n) is 17.7. The minimum absolute atomic E-state index is 1.02. The molecule has 0 spiro atoms. The molecular formula is C30H18N2S. The third kappa shape index (κ3) is 2.80. The van der Waals surface area contributed by atoms with Crippen molar-refractivity contribution >= 4 is 53.2 Å². The zero-order chi connectivity index (χ0) is 21.8. The van der Waals surface area contributed by atoms with Crippen LogP contribution in [0.2, 0.25) is 0 Å². The average molecular weight is 439 g/mol. The first-order valence-corrected chi connectivity index (χ1v) is 11.8. The molecule has 0 amide bonds. The van der Waals surface area contributed by atoms with Crippen LogP contribution in [0.1, 0.15) is 0 Å². The van der Waals surface area contributed by atoms with E-state index in [4.69, 9.17) is 4.98 Å². The molecule has 33 heavy (non-hydrogen) atoms. The first-order chi connectivity index (χ1) is 16.4. The summed E-state index contributed by atoms with van der Waals surface area (Å²) in [7, 11) is 0. The van der Waals surface area contributed by atoms with Crippen molar-refractivity contribution < 1.29 is 0 Å². The quantitative estimate of drug-likeness (QED) is 0.253. The number of benzene rings is 4. The third-order valence-corrected chi connectivity index (χ3v) is 7.53. The van der Waals surface area contributed by atoms with E-state index >= 15 is 0 Å². The van der Waals surface area contributed by atoms with Gasteiger partial charge >= 0.3 is 0 Å². The molecule has 7 aromatic rings. The van der Waals surface area contributed by atoms with Crippen molar-refractivity contribution in [2.45, 2.75) is 0 Å². The van der Waals surface area contributed by atoms with Gasteiger partial charge in [-0.05, 0) is 24.3 Å². The highest BCUT2D eigenvalue weighted by Gasteiger charge is 2.19. The van der Waals surface area contributed by atoms with Crippen molar-refractivity contribution in [3.8, 4) is 22.4 Å². The van der Waals surface area contributed by atoms with E-state index in [0.29, 0.717) is 0 Å². The monoisotopic (exact) mass is 438 g/mol. The van der Waals surface area contributed by atoms with E-state index in [1.807, 2.05) is 29.8 Å². The molecule has 4 aromatic carbocycles. The van der Waals surface area contributed by atoms with Crippen LogP contribution in [0.4, 0.5) is 0 Å². The minimum atomic E-state index is 1.02. The Morgan fingerprint density at radius 2 is 1.36 bits per heavy atom. The van der Waals surface area contributed by atoms with Crippen LogP contribution in [0.5, 0.6) is 0 Å². The first-order valence-electron chi connectivity index (χ1n) is 11.0. The van der Waals surface area contributed by atoms with Crippen molar-refractivity contribution in [1.29, 1.82) is 0 Å². The highest BCUT2D eigenvalue weighted by Crippen LogP contribution is 2.47. The Hall–Kier alpha value is -4.08. The lowest BCUT2D eigenvalue weighted by atomic mass is 9.92. The van der Waals surface area contributed by atoms with Crippen molar-refractivity contribution in [2.75, 3.05) is 0 Å². The summed E-state index contributed by atoms with van der Waals surface area (Å²) in [4.78, 5) is 9.59. The molecule has 0 saturated heterocycles. The topological polar surface area (TPSA) is 25.8 Å². The Labute approximate surface area is 194 Å². The standard InChI is InChI=1S/C30H18N2S/c1-2-9-19(10-3-1)29-24-17-23(20-11-8-16-31-18-20)30-28(22-13-5-7-15-26(22)33-30)27(24)21-12-4-6-14-25(21)32-29/h1-18H. The van der Waals surface area contributed by atoms with E-state index < -0.39 is 0 Å². The van der Waals surface area contributed by atoms with Crippen LogP contribution in [-0.4, -0.2) is 9.97 Å². The number of nitrogens with zero attached hydrogens (tertiary/aromatic N) is 2. The lowest BCUT2D eigenvalue weighted by Gasteiger charge is -2.14. The van der Waals surface area contributed by atoms with Crippen LogP contribution in [0.3, 0.4) is 0 Å². The summed E-state index contributed by atoms with van der Waals surface area (Å²) < 4.78 is 2.60. The van der Waals surface area contributed by atoms with Crippen LogP contribution >= 0.6 is 11.3 Å². The van der Waals surface area contributed by atoms with Gasteiger partial charge < -0.3 is 0 Å². The number of hydrogen-bond acceptors (Lipinski definition) is 3. The fourth-order valence-electron chi connectivity index (χ4n) is 4.88. The molecule has 3 aromatic heterocycles. The maximum absolute atomic E-state index is 5.17. The smallest absolute Gasteiger partial charge is 0.0788 e. The van der Waals surface area contributed by atoms with Crippen molar-refractivity contribution in [3.05, 3.63) is 109 Å². The van der Waals surface area contributed by atoms with Crippen LogP contribution < -0.4 is 0 Å². The van der Waals surface area contributed by atoms with Crippen molar-refractivity contribution in [1.82, 2.24) is 9.97 Å². The number of para-hydroxylation sites is 1. The maximum Gasteiger partial charge on any atom is 0.0788 e. The second kappa shape index (κ2) is 7.22. The normalized spacial score (nSPS) is 11.6. The largest absolute Gasteiger partial charge is 0.264 e. The van der Waals surface area contributed by atoms with Gasteiger partial charge in [0.1, 0.15) is 0 Å². The number of pyridine rings is 2. The van der Waals surface area contributed by atoms with E-state index in [9.17, 15) is 0 Å². The number of rotatable bonds is 2. The number of hydrogen-bond donors (Lipinski definition) is 0. The zero-order valence-corrected chi connectivity index (χ0v) is 18.5. The summed E-state index contributed by atoms with van der Waals surface area (Å²) in [6, 6.07) is 34.2. The molecule has 0 aliphatic rings. The molecule has 0 atom stereocenters. The fraction of sp³-hybridized carbons (Fsp3) is 0. The minimum Gasteiger partial charge on any atom is -0.264 e. The first kappa shape index (κ1) is 18.5. The Kier molecular flexibility index (Phi) is 4.05. The van der Waals surface area contributed by atoms with Crippen LogP contribution in [0.15, 0.2) is 109 Å². The second-order valence-electron chi connectivity index (χ2n) is 8.23. The maximum atomic E-state index is 5.17. The molecule has 0 aliphatic carbocycles. The summed E-state index contributed by atoms with van der Waals surface area (Å²) in [6.45, 7) is 0. The Morgan fingerprint density at radius 3 is 2.21 bits per heavy atom. The molecule has 0 N–H and O–H groups in total. The molecule has 0 bridgehead atoms. The molecule has 0 radical (unpaired) electrons. The molecule has 3 heterocycles. The van der Waals surface area contributed by atoms with E-state index in [0.717, 1.165) is 22.3 Å². The van der Waals surface area contributed by atoms with E-state index in [1.54, 1.807) is 0 Å². The summed E-state index contributed by atoms with van der Waals surface area (Å²) in [6.07, 6.45) is 3.79. The summed E-state index contributed by atoms with van der Waals surface area (Å²) in [5.41, 5.74) is 5.51. The van der Waals surface area contributed by atoms with Gasteiger partial charge in [-0.2, -0.15) is 0 Å². The fourth-order valence-corrected chi connectivity index (χ4v) is 6.13. The van der Waals surface area contributed by atoms with Gasteiger partial charge in [-0.25, -0.2) is 4.98 Å². The van der Waals surface area contributed by atoms with Gasteiger partial charge in [0.15, 0.2) is 0 Å². The average Bonchev–Trinajstić information content (AvgIpc) is 3.28. The van der Waals surface area contributed by atoms with Crippen LogP contribution in [-0.2, 0) is 0 Å². The van der Waals surface area contributed by atoms with E-state index in [-0.39, 0.29) is 0 Å². The van der Waals surface area contributed by atoms with Gasteiger partial charge in [0.2, 0.25) is 0 Å². The third-order valence-electron chi connectivity index (χ3n) is 6.33. The van der Waals surface area contributed by atoms with E-state index in [1.165, 1.54) is 41.9 Å². The van der Waals surface area contributed by atoms with E-state index in [2.05, 4.69) is 96.0 Å². The Bertz CT molecular complexity index is 1760. The lowest BCUT2D eigenvalue weighted by Crippen LogP contribution is -1.92. The molecule has 0 fully saturated rings. The number of aromatic nitrogens is 2. The molecule has 0 saturated carbocycles. The Morgan fingerprint density at radius 1 is 0.606 bits per heavy atom. The van der Waals surface area contributed by atoms with Gasteiger partial charge in [0.05, 0.1) is 11.2 Å². The highest BCUT2D eigenvalue weighted by atomic mass is 32.1. The predicted molar refractivity (Wildman–Crippen MR) is 141 cm³/mol. The predicted octanol–water partition coefficient (Wildman–Crippen LogP) is 8.48. The molecule has 0 aliphatic heterocycles. The SMILES string of the molecule is c1ccc(-c2nc3ccccc3c3c2cc(-c2cccnc2)c2sc4ccccc4c23)cc1. The van der Waals surface area contributed by atoms with Crippen LogP contribution in [0, 0.1) is 0 Å². The van der Waals surface area contributed by atoms with Gasteiger partial charge in [-0.1, -0.05) is 72.8 Å². The molecule has 154 valence electrons. The molecule has 0 unspecified atom stereocenters. The van der Waals surface area contributed by atoms with Crippen LogP contribution in [0.25, 0.3) is 64.2 Å². The number of thiophene rings is 1.